The summed E-state index contributed by atoms with van der Waals surface area (Å²) in [5.74, 6) is -1.63. The van der Waals surface area contributed by atoms with E-state index in [0.717, 1.165) is 0 Å². The van der Waals surface area contributed by atoms with Crippen molar-refractivity contribution in [3.63, 3.8) is 0 Å². The molecule has 0 saturated carbocycles. The van der Waals surface area contributed by atoms with Gasteiger partial charge >= 0.3 is 5.97 Å². The summed E-state index contributed by atoms with van der Waals surface area (Å²) in [7, 11) is 2.21. The lowest BCUT2D eigenvalue weighted by Crippen LogP contribution is -2.14. The van der Waals surface area contributed by atoms with Crippen LogP contribution in [-0.4, -0.2) is 22.0 Å². The van der Waals surface area contributed by atoms with Crippen molar-refractivity contribution in [1.82, 2.24) is 4.98 Å². The topological polar surface area (TPSA) is 118 Å². The molecule has 1 unspecified atom stereocenters. The Labute approximate surface area is 110 Å². The molecule has 1 heterocycles. The number of benzene rings is 1. The first-order valence-electron chi connectivity index (χ1n) is 5.14. The maximum absolute atomic E-state index is 11.1. The van der Waals surface area contributed by atoms with Crippen LogP contribution in [0.2, 0.25) is 0 Å². The summed E-state index contributed by atoms with van der Waals surface area (Å²) in [4.78, 5) is 25.7. The Morgan fingerprint density at radius 1 is 1.32 bits per heavy atom. The normalized spacial score (nSPS) is 10.2. The number of aromatic nitrogens is 1. The molecule has 0 fully saturated rings. The Hall–Kier alpha value is -2.40. The van der Waals surface area contributed by atoms with Crippen molar-refractivity contribution in [1.29, 1.82) is 0 Å². The van der Waals surface area contributed by atoms with Crippen molar-refractivity contribution in [3.05, 3.63) is 35.5 Å². The summed E-state index contributed by atoms with van der Waals surface area (Å²) in [5, 5.41) is 11.6. The summed E-state index contributed by atoms with van der Waals surface area (Å²) in [6, 6.07) is 5.93. The number of anilines is 2. The van der Waals surface area contributed by atoms with Gasteiger partial charge in [0, 0.05) is 5.69 Å². The highest BCUT2D eigenvalue weighted by atomic mass is 31.0. The van der Waals surface area contributed by atoms with Gasteiger partial charge < -0.3 is 20.6 Å². The fraction of sp³-hybridized carbons (Fsp3) is 0. The molecule has 8 heteroatoms. The number of carboxylic acid groups (broad SMARTS) is 1. The van der Waals surface area contributed by atoms with E-state index in [2.05, 4.69) is 19.5 Å². The van der Waals surface area contributed by atoms with Crippen molar-refractivity contribution < 1.29 is 19.1 Å². The summed E-state index contributed by atoms with van der Waals surface area (Å²) < 4.78 is 5.18. The third kappa shape index (κ3) is 2.89. The van der Waals surface area contributed by atoms with E-state index in [0.29, 0.717) is 5.69 Å². The lowest BCUT2D eigenvalue weighted by molar-refractivity contribution is 0.0696. The van der Waals surface area contributed by atoms with Crippen molar-refractivity contribution in [2.45, 2.75) is 0 Å². The fourth-order valence-electron chi connectivity index (χ4n) is 1.42. The minimum absolute atomic E-state index is 0.0210. The Bertz CT molecular complexity index is 636. The molecule has 0 spiro atoms. The van der Waals surface area contributed by atoms with Crippen LogP contribution in [0.5, 0.6) is 0 Å². The van der Waals surface area contributed by atoms with Gasteiger partial charge in [-0.3, -0.25) is 4.79 Å². The van der Waals surface area contributed by atoms with Gasteiger partial charge in [0.15, 0.2) is 5.69 Å². The molecule has 1 aromatic carbocycles. The first-order valence-corrected chi connectivity index (χ1v) is 5.71. The van der Waals surface area contributed by atoms with Gasteiger partial charge in [-0.1, -0.05) is 0 Å². The van der Waals surface area contributed by atoms with Crippen LogP contribution in [0.1, 0.15) is 20.8 Å². The van der Waals surface area contributed by atoms with Crippen molar-refractivity contribution >= 4 is 38.3 Å². The van der Waals surface area contributed by atoms with Crippen LogP contribution in [0.3, 0.4) is 0 Å². The highest BCUT2D eigenvalue weighted by molar-refractivity contribution is 7.26. The first kappa shape index (κ1) is 13.0. The molecule has 2 rings (SSSR count). The van der Waals surface area contributed by atoms with Gasteiger partial charge in [0.05, 0.1) is 5.56 Å². The molecule has 0 aliphatic rings. The summed E-state index contributed by atoms with van der Waals surface area (Å²) in [5.41, 5.74) is 6.06. The Balaban J connectivity index is 2.26. The van der Waals surface area contributed by atoms with Crippen LogP contribution >= 0.6 is 9.24 Å². The maximum Gasteiger partial charge on any atom is 0.335 e. The zero-order chi connectivity index (χ0) is 14.0. The molecule has 1 amide bonds. The largest absolute Gasteiger partial charge is 0.478 e. The van der Waals surface area contributed by atoms with Gasteiger partial charge in [-0.15, -0.1) is 0 Å². The zero-order valence-electron chi connectivity index (χ0n) is 9.58. The van der Waals surface area contributed by atoms with Gasteiger partial charge in [-0.2, -0.15) is 0 Å². The summed E-state index contributed by atoms with van der Waals surface area (Å²) >= 11 is 0. The second kappa shape index (κ2) is 5.07. The predicted octanol–water partition coefficient (Wildman–Crippen LogP) is 0.716. The number of amides is 1. The predicted molar refractivity (Wildman–Crippen MR) is 71.0 cm³/mol. The average molecular weight is 279 g/mol. The van der Waals surface area contributed by atoms with Crippen LogP contribution in [0.25, 0.3) is 0 Å². The van der Waals surface area contributed by atoms with Crippen LogP contribution in [0.4, 0.5) is 11.6 Å². The van der Waals surface area contributed by atoms with E-state index in [1.165, 1.54) is 12.1 Å². The molecule has 0 aliphatic carbocycles. The van der Waals surface area contributed by atoms with E-state index in [1.807, 2.05) is 0 Å². The smallest absolute Gasteiger partial charge is 0.335 e. The number of rotatable bonds is 4. The monoisotopic (exact) mass is 279 g/mol. The zero-order valence-corrected chi connectivity index (χ0v) is 10.7. The molecule has 7 nitrogen and oxygen atoms in total. The number of nitrogens with zero attached hydrogens (tertiary/aromatic N) is 1. The van der Waals surface area contributed by atoms with Crippen molar-refractivity contribution in [2.75, 3.05) is 5.32 Å². The second-order valence-electron chi connectivity index (χ2n) is 3.60. The molecule has 0 saturated heterocycles. The molecule has 1 aromatic heterocycles. The average Bonchev–Trinajstić information content (AvgIpc) is 2.71. The number of nitrogens with two attached hydrogens (primary N) is 1. The maximum atomic E-state index is 11.1. The van der Waals surface area contributed by atoms with E-state index in [1.54, 1.807) is 12.1 Å². The summed E-state index contributed by atoms with van der Waals surface area (Å²) in [6.45, 7) is 0. The number of hydrogen-bond donors (Lipinski definition) is 3. The van der Waals surface area contributed by atoms with Crippen LogP contribution in [-0.2, 0) is 0 Å². The summed E-state index contributed by atoms with van der Waals surface area (Å²) in [6.07, 6.45) is 0. The van der Waals surface area contributed by atoms with Crippen LogP contribution < -0.4 is 16.7 Å². The van der Waals surface area contributed by atoms with Crippen LogP contribution in [0, 0.1) is 0 Å². The third-order valence-corrected chi connectivity index (χ3v) is 2.51. The standard InChI is InChI=1S/C11H10N3O4P/c12-8(15)7-9(18-11(19)14-7)13-6-3-1-5(2-4-6)10(16)17/h1-4,13H,19H2,(H2,12,15)(H,16,17). The number of nitrogens with one attached hydrogen (secondary N) is 1. The van der Waals surface area contributed by atoms with Gasteiger partial charge in [0.1, 0.15) is 0 Å². The number of carboxylic acids is 1. The molecule has 1 atom stereocenters. The number of aromatic carboxylic acids is 1. The third-order valence-electron chi connectivity index (χ3n) is 2.27. The quantitative estimate of drug-likeness (QED) is 0.709. The van der Waals surface area contributed by atoms with Crippen molar-refractivity contribution in [2.24, 2.45) is 5.73 Å². The molecule has 2 aromatic rings. The number of primary amides is 1. The minimum Gasteiger partial charge on any atom is -0.478 e. The minimum atomic E-state index is -1.02. The number of carbonyl (C=O) groups excluding carboxylic acids is 1. The molecule has 4 N–H and O–H groups in total. The molecule has 19 heavy (non-hydrogen) atoms. The Morgan fingerprint density at radius 2 is 1.95 bits per heavy atom. The Kier molecular flexibility index (Phi) is 3.48. The van der Waals surface area contributed by atoms with E-state index >= 15 is 0 Å². The van der Waals surface area contributed by atoms with E-state index in [4.69, 9.17) is 15.3 Å². The molecular weight excluding hydrogens is 269 g/mol. The van der Waals surface area contributed by atoms with Gasteiger partial charge in [-0.05, 0) is 33.5 Å². The van der Waals surface area contributed by atoms with Crippen molar-refractivity contribution in [3.8, 4) is 0 Å². The highest BCUT2D eigenvalue weighted by Gasteiger charge is 2.16. The van der Waals surface area contributed by atoms with E-state index in [-0.39, 0.29) is 22.8 Å². The molecular formula is C11H10N3O4P. The van der Waals surface area contributed by atoms with Gasteiger partial charge in [0.2, 0.25) is 11.5 Å². The lowest BCUT2D eigenvalue weighted by Gasteiger charge is -2.03. The van der Waals surface area contributed by atoms with Crippen LogP contribution in [0.15, 0.2) is 28.7 Å². The molecule has 0 aliphatic heterocycles. The van der Waals surface area contributed by atoms with Gasteiger partial charge in [-0.25, -0.2) is 9.78 Å². The highest BCUT2D eigenvalue weighted by Crippen LogP contribution is 2.20. The van der Waals surface area contributed by atoms with Gasteiger partial charge in [0.25, 0.3) is 5.91 Å². The number of hydrogen-bond acceptors (Lipinski definition) is 5. The number of carbonyl (C=O) groups is 2. The van der Waals surface area contributed by atoms with E-state index in [9.17, 15) is 9.59 Å². The number of oxazole rings is 1. The first-order chi connectivity index (χ1) is 8.97. The molecule has 98 valence electrons. The Morgan fingerprint density at radius 3 is 2.47 bits per heavy atom. The molecule has 0 bridgehead atoms. The fourth-order valence-corrected chi connectivity index (χ4v) is 1.66. The lowest BCUT2D eigenvalue weighted by atomic mass is 10.2. The van der Waals surface area contributed by atoms with E-state index < -0.39 is 11.9 Å². The SMILES string of the molecule is NC(=O)c1nc(P)oc1Nc1ccc(C(=O)O)cc1. The molecule has 0 radical (unpaired) electrons. The second-order valence-corrected chi connectivity index (χ2v) is 4.10.